The second kappa shape index (κ2) is 8.08. The van der Waals surface area contributed by atoms with Gasteiger partial charge in [-0.1, -0.05) is 37.6 Å². The summed E-state index contributed by atoms with van der Waals surface area (Å²) in [6, 6.07) is 13.2. The third-order valence-corrected chi connectivity index (χ3v) is 3.95. The summed E-state index contributed by atoms with van der Waals surface area (Å²) in [6.07, 6.45) is 1.69. The highest BCUT2D eigenvalue weighted by Gasteiger charge is 2.24. The molecular weight excluding hydrogens is 342 g/mol. The van der Waals surface area contributed by atoms with Crippen molar-refractivity contribution in [3.8, 4) is 11.5 Å². The number of hydrogen-bond acceptors (Lipinski definition) is 5. The van der Waals surface area contributed by atoms with E-state index in [0.717, 1.165) is 16.7 Å². The molecule has 1 aliphatic rings. The zero-order valence-corrected chi connectivity index (χ0v) is 16.0. The lowest BCUT2D eigenvalue weighted by Crippen LogP contribution is -2.06. The Morgan fingerprint density at radius 3 is 2.67 bits per heavy atom. The number of nitrogens with zero attached hydrogens (tertiary/aromatic N) is 1. The molecule has 0 spiro atoms. The van der Waals surface area contributed by atoms with Gasteiger partial charge in [0.1, 0.15) is 0 Å². The summed E-state index contributed by atoms with van der Waals surface area (Å²) in [6.45, 7) is 6.71. The highest BCUT2D eigenvalue weighted by molar-refractivity contribution is 6.12. The Kier molecular flexibility index (Phi) is 5.60. The van der Waals surface area contributed by atoms with E-state index < -0.39 is 5.97 Å². The Labute approximate surface area is 159 Å². The lowest BCUT2D eigenvalue weighted by molar-refractivity contribution is -0.129. The molecule has 0 amide bonds. The van der Waals surface area contributed by atoms with Gasteiger partial charge in [-0.15, -0.1) is 0 Å². The van der Waals surface area contributed by atoms with Gasteiger partial charge in [0.25, 0.3) is 0 Å². The number of carbonyl (C=O) groups excluding carboxylic acids is 1. The molecule has 27 heavy (non-hydrogen) atoms. The molecule has 1 aliphatic heterocycles. The lowest BCUT2D eigenvalue weighted by atomic mass is 10.1. The molecule has 0 aromatic heterocycles. The molecule has 0 radical (unpaired) electrons. The summed E-state index contributed by atoms with van der Waals surface area (Å²) in [4.78, 5) is 16.6. The third kappa shape index (κ3) is 4.56. The van der Waals surface area contributed by atoms with Crippen molar-refractivity contribution in [2.75, 3.05) is 13.7 Å². The number of aliphatic imine (C=N–C) groups is 1. The maximum atomic E-state index is 12.2. The normalized spacial score (nSPS) is 15.1. The van der Waals surface area contributed by atoms with Crippen molar-refractivity contribution >= 4 is 17.9 Å². The molecular formula is C22H23NO4. The van der Waals surface area contributed by atoms with Gasteiger partial charge in [0.05, 0.1) is 13.7 Å². The van der Waals surface area contributed by atoms with E-state index in [1.54, 1.807) is 13.2 Å². The average molecular weight is 365 g/mol. The van der Waals surface area contributed by atoms with Gasteiger partial charge in [-0.25, -0.2) is 9.79 Å². The van der Waals surface area contributed by atoms with Crippen LogP contribution in [0.1, 0.15) is 30.5 Å². The largest absolute Gasteiger partial charge is 0.493 e. The van der Waals surface area contributed by atoms with Crippen molar-refractivity contribution in [2.24, 2.45) is 10.9 Å². The number of esters is 1. The standard InChI is InChI=1S/C22H23NO4/c1-14(2)13-26-20-12-16(8-9-19(20)25-4)11-18-22(24)27-21(23-18)17-7-5-6-15(3)10-17/h5-12,14H,13H2,1-4H3. The fourth-order valence-electron chi connectivity index (χ4n) is 2.62. The van der Waals surface area contributed by atoms with E-state index in [9.17, 15) is 4.79 Å². The Morgan fingerprint density at radius 1 is 1.15 bits per heavy atom. The third-order valence-electron chi connectivity index (χ3n) is 3.95. The fraction of sp³-hybridized carbons (Fsp3) is 0.273. The van der Waals surface area contributed by atoms with Gasteiger partial charge in [-0.2, -0.15) is 0 Å². The van der Waals surface area contributed by atoms with E-state index in [4.69, 9.17) is 14.2 Å². The van der Waals surface area contributed by atoms with E-state index in [0.29, 0.717) is 29.9 Å². The lowest BCUT2D eigenvalue weighted by Gasteiger charge is -2.13. The molecule has 140 valence electrons. The molecule has 0 bridgehead atoms. The maximum absolute atomic E-state index is 12.2. The SMILES string of the molecule is COc1ccc(C=C2N=C(c3cccc(C)c3)OC2=O)cc1OCC(C)C. The molecule has 0 saturated carbocycles. The van der Waals surface area contributed by atoms with E-state index >= 15 is 0 Å². The number of cyclic esters (lactones) is 1. The first kappa shape index (κ1) is 18.7. The number of benzene rings is 2. The Morgan fingerprint density at radius 2 is 1.96 bits per heavy atom. The van der Waals surface area contributed by atoms with E-state index in [2.05, 4.69) is 18.8 Å². The van der Waals surface area contributed by atoms with Crippen LogP contribution in [0, 0.1) is 12.8 Å². The number of hydrogen-bond donors (Lipinski definition) is 0. The second-order valence-corrected chi connectivity index (χ2v) is 6.82. The number of carbonyl (C=O) groups is 1. The minimum Gasteiger partial charge on any atom is -0.493 e. The Bertz CT molecular complexity index is 912. The van der Waals surface area contributed by atoms with Crippen LogP contribution < -0.4 is 9.47 Å². The summed E-state index contributed by atoms with van der Waals surface area (Å²) in [5.74, 6) is 1.53. The highest BCUT2D eigenvalue weighted by Crippen LogP contribution is 2.30. The van der Waals surface area contributed by atoms with Crippen molar-refractivity contribution in [3.63, 3.8) is 0 Å². The quantitative estimate of drug-likeness (QED) is 0.563. The van der Waals surface area contributed by atoms with Crippen molar-refractivity contribution in [3.05, 3.63) is 64.9 Å². The van der Waals surface area contributed by atoms with E-state index in [-0.39, 0.29) is 5.70 Å². The monoisotopic (exact) mass is 365 g/mol. The fourth-order valence-corrected chi connectivity index (χ4v) is 2.62. The number of aryl methyl sites for hydroxylation is 1. The summed E-state index contributed by atoms with van der Waals surface area (Å²) >= 11 is 0. The smallest absolute Gasteiger partial charge is 0.363 e. The molecule has 5 nitrogen and oxygen atoms in total. The van der Waals surface area contributed by atoms with Gasteiger partial charge in [-0.05, 0) is 48.7 Å². The molecule has 0 fully saturated rings. The van der Waals surface area contributed by atoms with E-state index in [1.165, 1.54) is 0 Å². The van der Waals surface area contributed by atoms with Gasteiger partial charge in [-0.3, -0.25) is 0 Å². The highest BCUT2D eigenvalue weighted by atomic mass is 16.6. The molecule has 0 saturated heterocycles. The first-order chi connectivity index (χ1) is 13.0. The summed E-state index contributed by atoms with van der Waals surface area (Å²) in [5, 5.41) is 0. The van der Waals surface area contributed by atoms with Crippen LogP contribution in [-0.2, 0) is 9.53 Å². The molecule has 3 rings (SSSR count). The molecule has 2 aromatic carbocycles. The predicted octanol–water partition coefficient (Wildman–Crippen LogP) is 4.38. The maximum Gasteiger partial charge on any atom is 0.363 e. The first-order valence-electron chi connectivity index (χ1n) is 8.86. The van der Waals surface area contributed by atoms with Gasteiger partial charge >= 0.3 is 5.97 Å². The van der Waals surface area contributed by atoms with Crippen LogP contribution in [0.15, 0.2) is 53.2 Å². The number of ether oxygens (including phenoxy) is 3. The number of rotatable bonds is 6. The van der Waals surface area contributed by atoms with Gasteiger partial charge < -0.3 is 14.2 Å². The summed E-state index contributed by atoms with van der Waals surface area (Å²) in [7, 11) is 1.60. The van der Waals surface area contributed by atoms with Crippen LogP contribution >= 0.6 is 0 Å². The molecule has 1 heterocycles. The second-order valence-electron chi connectivity index (χ2n) is 6.82. The Balaban J connectivity index is 1.89. The van der Waals surface area contributed by atoms with Crippen LogP contribution in [0.2, 0.25) is 0 Å². The number of methoxy groups -OCH3 is 1. The van der Waals surface area contributed by atoms with Crippen LogP contribution in [0.25, 0.3) is 6.08 Å². The predicted molar refractivity (Wildman–Crippen MR) is 105 cm³/mol. The zero-order valence-electron chi connectivity index (χ0n) is 16.0. The van der Waals surface area contributed by atoms with Crippen molar-refractivity contribution in [2.45, 2.75) is 20.8 Å². The van der Waals surface area contributed by atoms with Crippen molar-refractivity contribution < 1.29 is 19.0 Å². The summed E-state index contributed by atoms with van der Waals surface area (Å²) < 4.78 is 16.5. The van der Waals surface area contributed by atoms with Crippen LogP contribution in [0.5, 0.6) is 11.5 Å². The Hall–Kier alpha value is -3.08. The molecule has 0 N–H and O–H groups in total. The van der Waals surface area contributed by atoms with Gasteiger partial charge in [0, 0.05) is 5.56 Å². The van der Waals surface area contributed by atoms with Crippen LogP contribution in [-0.4, -0.2) is 25.6 Å². The van der Waals surface area contributed by atoms with Crippen LogP contribution in [0.3, 0.4) is 0 Å². The summed E-state index contributed by atoms with van der Waals surface area (Å²) in [5.41, 5.74) is 2.90. The minimum absolute atomic E-state index is 0.256. The van der Waals surface area contributed by atoms with Crippen molar-refractivity contribution in [1.29, 1.82) is 0 Å². The molecule has 0 atom stereocenters. The van der Waals surface area contributed by atoms with Gasteiger partial charge in [0.15, 0.2) is 17.2 Å². The van der Waals surface area contributed by atoms with Crippen molar-refractivity contribution in [1.82, 2.24) is 0 Å². The van der Waals surface area contributed by atoms with E-state index in [1.807, 2.05) is 49.4 Å². The zero-order chi connectivity index (χ0) is 19.4. The molecule has 2 aromatic rings. The molecule has 5 heteroatoms. The van der Waals surface area contributed by atoms with Crippen LogP contribution in [0.4, 0.5) is 0 Å². The average Bonchev–Trinajstić information content (AvgIpc) is 3.01. The molecule has 0 unspecified atom stereocenters. The first-order valence-corrected chi connectivity index (χ1v) is 8.86. The topological polar surface area (TPSA) is 57.1 Å². The molecule has 0 aliphatic carbocycles. The van der Waals surface area contributed by atoms with Gasteiger partial charge in [0.2, 0.25) is 5.90 Å². The minimum atomic E-state index is -0.466.